The molecular formula is C19H17NO5. The van der Waals surface area contributed by atoms with Gasteiger partial charge in [0.15, 0.2) is 0 Å². The van der Waals surface area contributed by atoms with E-state index in [2.05, 4.69) is 5.32 Å². The molecule has 1 aromatic heterocycles. The van der Waals surface area contributed by atoms with Gasteiger partial charge in [-0.15, -0.1) is 0 Å². The van der Waals surface area contributed by atoms with E-state index in [1.165, 1.54) is 6.07 Å². The molecule has 0 saturated carbocycles. The predicted molar refractivity (Wildman–Crippen MR) is 94.6 cm³/mol. The number of rotatable bonds is 5. The number of nitrogens with one attached hydrogen (secondary N) is 1. The van der Waals surface area contributed by atoms with E-state index in [4.69, 9.17) is 13.9 Å². The van der Waals surface area contributed by atoms with Crippen LogP contribution in [0.2, 0.25) is 0 Å². The largest absolute Gasteiger partial charge is 0.497 e. The van der Waals surface area contributed by atoms with Crippen LogP contribution in [0.25, 0.3) is 11.0 Å². The second-order valence-electron chi connectivity index (χ2n) is 5.26. The number of carbonyl (C=O) groups is 1. The topological polar surface area (TPSA) is 77.8 Å². The summed E-state index contributed by atoms with van der Waals surface area (Å²) in [6.07, 6.45) is 0. The first-order chi connectivity index (χ1) is 12.1. The Morgan fingerprint density at radius 2 is 1.96 bits per heavy atom. The predicted octanol–water partition coefficient (Wildman–Crippen LogP) is 3.45. The first-order valence-electron chi connectivity index (χ1n) is 7.77. The van der Waals surface area contributed by atoms with Crippen molar-refractivity contribution in [1.82, 2.24) is 0 Å². The summed E-state index contributed by atoms with van der Waals surface area (Å²) in [4.78, 5) is 24.5. The molecule has 1 heterocycles. The van der Waals surface area contributed by atoms with Crippen LogP contribution in [-0.2, 0) is 0 Å². The molecule has 0 fully saturated rings. The number of ether oxygens (including phenoxy) is 2. The van der Waals surface area contributed by atoms with Gasteiger partial charge in [-0.1, -0.05) is 6.07 Å². The van der Waals surface area contributed by atoms with E-state index in [0.717, 1.165) is 0 Å². The van der Waals surface area contributed by atoms with Crippen LogP contribution in [0.1, 0.15) is 17.3 Å². The van der Waals surface area contributed by atoms with Gasteiger partial charge in [-0.3, -0.25) is 4.79 Å². The minimum Gasteiger partial charge on any atom is -0.497 e. The summed E-state index contributed by atoms with van der Waals surface area (Å²) in [5, 5.41) is 3.29. The van der Waals surface area contributed by atoms with Gasteiger partial charge in [0.1, 0.15) is 17.1 Å². The van der Waals surface area contributed by atoms with Crippen molar-refractivity contribution in [2.45, 2.75) is 6.92 Å². The van der Waals surface area contributed by atoms with E-state index in [-0.39, 0.29) is 5.56 Å². The third kappa shape index (κ3) is 3.63. The SMILES string of the molecule is CCOc1ccc2c(C(=O)Nc3cccc(OC)c3)cc(=O)oc2c1. The summed E-state index contributed by atoms with van der Waals surface area (Å²) >= 11 is 0. The molecule has 0 aliphatic heterocycles. The zero-order chi connectivity index (χ0) is 17.8. The van der Waals surface area contributed by atoms with Crippen molar-refractivity contribution in [3.8, 4) is 11.5 Å². The fourth-order valence-electron chi connectivity index (χ4n) is 2.49. The molecule has 3 aromatic rings. The van der Waals surface area contributed by atoms with Gasteiger partial charge < -0.3 is 19.2 Å². The van der Waals surface area contributed by atoms with Crippen molar-refractivity contribution in [3.63, 3.8) is 0 Å². The Bertz CT molecular complexity index is 977. The molecule has 0 spiro atoms. The number of hydrogen-bond acceptors (Lipinski definition) is 5. The molecule has 0 bridgehead atoms. The molecule has 25 heavy (non-hydrogen) atoms. The summed E-state index contributed by atoms with van der Waals surface area (Å²) in [5.74, 6) is 0.787. The van der Waals surface area contributed by atoms with E-state index >= 15 is 0 Å². The Balaban J connectivity index is 1.99. The molecule has 0 saturated heterocycles. The maximum atomic E-state index is 12.6. The van der Waals surface area contributed by atoms with Gasteiger partial charge in [-0.05, 0) is 31.2 Å². The average Bonchev–Trinajstić information content (AvgIpc) is 2.61. The molecule has 0 radical (unpaired) electrons. The lowest BCUT2D eigenvalue weighted by atomic mass is 10.1. The number of hydrogen-bond donors (Lipinski definition) is 1. The van der Waals surface area contributed by atoms with Gasteiger partial charge in [0.05, 0.1) is 19.3 Å². The number of fused-ring (bicyclic) bond motifs is 1. The maximum Gasteiger partial charge on any atom is 0.337 e. The molecule has 1 N–H and O–H groups in total. The zero-order valence-electron chi connectivity index (χ0n) is 13.9. The number of amides is 1. The lowest BCUT2D eigenvalue weighted by molar-refractivity contribution is 0.102. The molecular weight excluding hydrogens is 322 g/mol. The maximum absolute atomic E-state index is 12.6. The van der Waals surface area contributed by atoms with Crippen molar-refractivity contribution in [1.29, 1.82) is 0 Å². The Labute approximate surface area is 144 Å². The molecule has 0 aliphatic carbocycles. The van der Waals surface area contributed by atoms with Crippen molar-refractivity contribution >= 4 is 22.6 Å². The summed E-state index contributed by atoms with van der Waals surface area (Å²) in [5.41, 5.74) is 0.500. The first kappa shape index (κ1) is 16.6. The minimum absolute atomic E-state index is 0.233. The number of anilines is 1. The van der Waals surface area contributed by atoms with Gasteiger partial charge in [0, 0.05) is 29.3 Å². The molecule has 6 nitrogen and oxygen atoms in total. The molecule has 0 aliphatic rings. The molecule has 0 atom stereocenters. The fourth-order valence-corrected chi connectivity index (χ4v) is 2.49. The zero-order valence-corrected chi connectivity index (χ0v) is 13.9. The minimum atomic E-state index is -0.600. The highest BCUT2D eigenvalue weighted by Gasteiger charge is 2.14. The van der Waals surface area contributed by atoms with Gasteiger partial charge in [-0.25, -0.2) is 4.79 Å². The van der Waals surface area contributed by atoms with E-state index in [0.29, 0.717) is 34.8 Å². The normalized spacial score (nSPS) is 10.5. The highest BCUT2D eigenvalue weighted by atomic mass is 16.5. The highest BCUT2D eigenvalue weighted by molar-refractivity contribution is 6.12. The fraction of sp³-hybridized carbons (Fsp3) is 0.158. The summed E-state index contributed by atoms with van der Waals surface area (Å²) in [6, 6.07) is 13.2. The van der Waals surface area contributed by atoms with Crippen LogP contribution in [0.3, 0.4) is 0 Å². The molecule has 128 valence electrons. The van der Waals surface area contributed by atoms with E-state index < -0.39 is 11.5 Å². The van der Waals surface area contributed by atoms with Gasteiger partial charge in [-0.2, -0.15) is 0 Å². The number of benzene rings is 2. The Morgan fingerprint density at radius 3 is 2.72 bits per heavy atom. The summed E-state index contributed by atoms with van der Waals surface area (Å²) in [7, 11) is 1.55. The van der Waals surface area contributed by atoms with Crippen LogP contribution in [0, 0.1) is 0 Å². The lowest BCUT2D eigenvalue weighted by Crippen LogP contribution is -2.15. The first-order valence-corrected chi connectivity index (χ1v) is 7.77. The van der Waals surface area contributed by atoms with Crippen LogP contribution in [0.4, 0.5) is 5.69 Å². The van der Waals surface area contributed by atoms with E-state index in [1.54, 1.807) is 49.6 Å². The van der Waals surface area contributed by atoms with Crippen molar-refractivity contribution in [2.24, 2.45) is 0 Å². The van der Waals surface area contributed by atoms with Crippen molar-refractivity contribution in [3.05, 3.63) is 64.5 Å². The lowest BCUT2D eigenvalue weighted by Gasteiger charge is -2.09. The third-order valence-electron chi connectivity index (χ3n) is 3.60. The molecule has 1 amide bonds. The third-order valence-corrected chi connectivity index (χ3v) is 3.60. The molecule has 6 heteroatoms. The Hall–Kier alpha value is -3.28. The van der Waals surface area contributed by atoms with Crippen LogP contribution >= 0.6 is 0 Å². The van der Waals surface area contributed by atoms with Crippen LogP contribution in [0.5, 0.6) is 11.5 Å². The van der Waals surface area contributed by atoms with Crippen LogP contribution < -0.4 is 20.4 Å². The summed E-state index contributed by atoms with van der Waals surface area (Å²) < 4.78 is 15.7. The molecule has 0 unspecified atom stereocenters. The van der Waals surface area contributed by atoms with E-state index in [1.807, 2.05) is 6.92 Å². The number of carbonyl (C=O) groups excluding carboxylic acids is 1. The Morgan fingerprint density at radius 1 is 1.12 bits per heavy atom. The second-order valence-corrected chi connectivity index (χ2v) is 5.26. The van der Waals surface area contributed by atoms with Crippen LogP contribution in [0.15, 0.2) is 57.7 Å². The van der Waals surface area contributed by atoms with Gasteiger partial charge in [0.2, 0.25) is 0 Å². The molecule has 2 aromatic carbocycles. The van der Waals surface area contributed by atoms with Crippen molar-refractivity contribution in [2.75, 3.05) is 19.0 Å². The highest BCUT2D eigenvalue weighted by Crippen LogP contribution is 2.24. The van der Waals surface area contributed by atoms with E-state index in [9.17, 15) is 9.59 Å². The Kier molecular flexibility index (Phi) is 4.70. The standard InChI is InChI=1S/C19H17NO5/c1-3-24-14-7-8-15-16(11-18(21)25-17(15)10-14)19(22)20-12-5-4-6-13(9-12)23-2/h4-11H,3H2,1-2H3,(H,20,22). The van der Waals surface area contributed by atoms with Gasteiger partial charge in [0.25, 0.3) is 5.91 Å². The van der Waals surface area contributed by atoms with Crippen molar-refractivity contribution < 1.29 is 18.7 Å². The quantitative estimate of drug-likeness (QED) is 0.720. The smallest absolute Gasteiger partial charge is 0.337 e. The average molecular weight is 339 g/mol. The number of methoxy groups -OCH3 is 1. The molecule has 3 rings (SSSR count). The van der Waals surface area contributed by atoms with Gasteiger partial charge >= 0.3 is 5.63 Å². The monoisotopic (exact) mass is 339 g/mol. The second kappa shape index (κ2) is 7.09. The summed E-state index contributed by atoms with van der Waals surface area (Å²) in [6.45, 7) is 2.35. The van der Waals surface area contributed by atoms with Crippen LogP contribution in [-0.4, -0.2) is 19.6 Å².